The highest BCUT2D eigenvalue weighted by Gasteiger charge is 2.33. The number of benzene rings is 1. The molecule has 0 atom stereocenters. The number of alkyl halides is 3. The summed E-state index contributed by atoms with van der Waals surface area (Å²) in [7, 11) is 0. The third-order valence-electron chi connectivity index (χ3n) is 1.83. The van der Waals surface area contributed by atoms with Crippen LogP contribution in [0, 0.1) is 6.92 Å². The summed E-state index contributed by atoms with van der Waals surface area (Å²) in [4.78, 5) is 3.88. The van der Waals surface area contributed by atoms with E-state index in [0.29, 0.717) is 9.71 Å². The van der Waals surface area contributed by atoms with Crippen molar-refractivity contribution in [2.24, 2.45) is 0 Å². The molecule has 5 heteroatoms. The highest BCUT2D eigenvalue weighted by atomic mass is 32.1. The first kappa shape index (κ1) is 13.0. The Hall–Kier alpha value is -1.10. The molecule has 2 rings (SSSR count). The van der Waals surface area contributed by atoms with Crippen molar-refractivity contribution >= 4 is 21.6 Å². The molecule has 0 saturated carbocycles. The molecule has 0 N–H and O–H groups in total. The van der Waals surface area contributed by atoms with E-state index in [4.69, 9.17) is 0 Å². The molecule has 1 aromatic carbocycles. The van der Waals surface area contributed by atoms with E-state index in [1.165, 1.54) is 17.4 Å². The van der Waals surface area contributed by atoms with Gasteiger partial charge in [0.05, 0.1) is 20.8 Å². The third-order valence-corrected chi connectivity index (χ3v) is 2.77. The Morgan fingerprint density at radius 1 is 1.19 bits per heavy atom. The summed E-state index contributed by atoms with van der Waals surface area (Å²) in [5, 5.41) is 0.650. The van der Waals surface area contributed by atoms with E-state index in [1.807, 2.05) is 13.8 Å². The maximum Gasteiger partial charge on any atom is 0.418 e. The molecule has 1 nitrogen and oxygen atoms in total. The Morgan fingerprint density at radius 2 is 1.81 bits per heavy atom. The van der Waals surface area contributed by atoms with Crippen molar-refractivity contribution in [2.45, 2.75) is 26.9 Å². The second-order valence-electron chi connectivity index (χ2n) is 2.88. The number of para-hydroxylation sites is 1. The summed E-state index contributed by atoms with van der Waals surface area (Å²) >= 11 is 1.27. The molecular formula is C11H12F3NS. The topological polar surface area (TPSA) is 12.9 Å². The molecule has 0 spiro atoms. The van der Waals surface area contributed by atoms with Gasteiger partial charge in [-0.2, -0.15) is 13.2 Å². The third kappa shape index (κ3) is 2.52. The van der Waals surface area contributed by atoms with Crippen LogP contribution in [0.2, 0.25) is 0 Å². The summed E-state index contributed by atoms with van der Waals surface area (Å²) in [6, 6.07) is 4.11. The lowest BCUT2D eigenvalue weighted by Gasteiger charge is -2.05. The van der Waals surface area contributed by atoms with Crippen LogP contribution in [0.25, 0.3) is 10.2 Å². The molecule has 0 bridgehead atoms. The van der Waals surface area contributed by atoms with Gasteiger partial charge in [0.25, 0.3) is 0 Å². The summed E-state index contributed by atoms with van der Waals surface area (Å²) in [5.41, 5.74) is -0.596. The van der Waals surface area contributed by atoms with Gasteiger partial charge in [-0.1, -0.05) is 19.9 Å². The van der Waals surface area contributed by atoms with Gasteiger partial charge in [0.2, 0.25) is 0 Å². The number of fused-ring (bicyclic) bond motifs is 1. The van der Waals surface area contributed by atoms with Gasteiger partial charge < -0.3 is 0 Å². The van der Waals surface area contributed by atoms with Gasteiger partial charge in [-0.3, -0.25) is 0 Å². The van der Waals surface area contributed by atoms with E-state index in [-0.39, 0.29) is 5.52 Å². The number of hydrogen-bond acceptors (Lipinski definition) is 2. The van der Waals surface area contributed by atoms with Crippen LogP contribution < -0.4 is 0 Å². The van der Waals surface area contributed by atoms with Gasteiger partial charge in [0, 0.05) is 0 Å². The van der Waals surface area contributed by atoms with Crippen molar-refractivity contribution in [2.75, 3.05) is 0 Å². The van der Waals surface area contributed by atoms with Crippen LogP contribution in [0.15, 0.2) is 18.2 Å². The minimum Gasteiger partial charge on any atom is -0.241 e. The maximum absolute atomic E-state index is 12.5. The van der Waals surface area contributed by atoms with Gasteiger partial charge in [-0.05, 0) is 19.1 Å². The van der Waals surface area contributed by atoms with Gasteiger partial charge in [-0.25, -0.2) is 4.98 Å². The summed E-state index contributed by atoms with van der Waals surface area (Å²) in [5.74, 6) is 0. The van der Waals surface area contributed by atoms with E-state index in [2.05, 4.69) is 4.98 Å². The predicted octanol–water partition coefficient (Wildman–Crippen LogP) is 4.65. The number of nitrogens with zero attached hydrogens (tertiary/aromatic N) is 1. The Bertz CT molecular complexity index is 474. The molecule has 0 aliphatic carbocycles. The zero-order chi connectivity index (χ0) is 12.3. The van der Waals surface area contributed by atoms with Crippen molar-refractivity contribution in [1.29, 1.82) is 0 Å². The lowest BCUT2D eigenvalue weighted by atomic mass is 10.2. The van der Waals surface area contributed by atoms with Crippen LogP contribution >= 0.6 is 11.3 Å². The summed E-state index contributed by atoms with van der Waals surface area (Å²) in [6.45, 7) is 5.70. The van der Waals surface area contributed by atoms with Crippen molar-refractivity contribution in [1.82, 2.24) is 4.98 Å². The molecule has 88 valence electrons. The first-order valence-corrected chi connectivity index (χ1v) is 5.73. The first-order valence-electron chi connectivity index (χ1n) is 4.92. The lowest BCUT2D eigenvalue weighted by molar-refractivity contribution is -0.136. The van der Waals surface area contributed by atoms with Crippen molar-refractivity contribution < 1.29 is 13.2 Å². The first-order chi connectivity index (χ1) is 7.48. The Kier molecular flexibility index (Phi) is 3.91. The van der Waals surface area contributed by atoms with Gasteiger partial charge in [0.1, 0.15) is 0 Å². The van der Waals surface area contributed by atoms with Gasteiger partial charge >= 0.3 is 6.18 Å². The van der Waals surface area contributed by atoms with Crippen LogP contribution in [-0.4, -0.2) is 4.98 Å². The smallest absolute Gasteiger partial charge is 0.241 e. The molecule has 2 aromatic rings. The number of thiazole rings is 1. The molecule has 0 aliphatic heterocycles. The molecule has 1 aromatic heterocycles. The van der Waals surface area contributed by atoms with E-state index in [0.717, 1.165) is 6.07 Å². The quantitative estimate of drug-likeness (QED) is 0.660. The lowest BCUT2D eigenvalue weighted by Crippen LogP contribution is -2.05. The highest BCUT2D eigenvalue weighted by Crippen LogP contribution is 2.35. The minimum atomic E-state index is -4.32. The zero-order valence-electron chi connectivity index (χ0n) is 9.22. The minimum absolute atomic E-state index is 0.0579. The van der Waals surface area contributed by atoms with Gasteiger partial charge in [0.15, 0.2) is 0 Å². The maximum atomic E-state index is 12.5. The number of aryl methyl sites for hydroxylation is 1. The Balaban J connectivity index is 0.000000606. The SMILES string of the molecule is CC.Cc1nc2c(C(F)(F)F)cccc2s1. The van der Waals surface area contributed by atoms with Crippen molar-refractivity contribution in [3.63, 3.8) is 0 Å². The molecule has 0 saturated heterocycles. The van der Waals surface area contributed by atoms with E-state index >= 15 is 0 Å². The molecule has 0 unspecified atom stereocenters. The molecule has 16 heavy (non-hydrogen) atoms. The standard InChI is InChI=1S/C9H6F3NS.C2H6/c1-5-13-8-6(9(10,11)12)3-2-4-7(8)14-5;1-2/h2-4H,1H3;1-2H3. The monoisotopic (exact) mass is 247 g/mol. The fourth-order valence-corrected chi connectivity index (χ4v) is 2.14. The van der Waals surface area contributed by atoms with Crippen LogP contribution in [0.4, 0.5) is 13.2 Å². The number of halogens is 3. The molecule has 1 heterocycles. The normalized spacial score (nSPS) is 11.1. The molecule has 0 amide bonds. The largest absolute Gasteiger partial charge is 0.418 e. The number of rotatable bonds is 0. The van der Waals surface area contributed by atoms with Crippen molar-refractivity contribution in [3.8, 4) is 0 Å². The van der Waals surface area contributed by atoms with E-state index in [9.17, 15) is 13.2 Å². The van der Waals surface area contributed by atoms with Crippen LogP contribution in [0.3, 0.4) is 0 Å². The average molecular weight is 247 g/mol. The Morgan fingerprint density at radius 3 is 2.38 bits per heavy atom. The zero-order valence-corrected chi connectivity index (χ0v) is 10.0. The molecule has 0 fully saturated rings. The number of hydrogen-bond donors (Lipinski definition) is 0. The molecular weight excluding hydrogens is 235 g/mol. The highest BCUT2D eigenvalue weighted by molar-refractivity contribution is 7.18. The number of aromatic nitrogens is 1. The predicted molar refractivity (Wildman–Crippen MR) is 60.7 cm³/mol. The van der Waals surface area contributed by atoms with Crippen LogP contribution in [0.5, 0.6) is 0 Å². The second-order valence-corrected chi connectivity index (χ2v) is 4.12. The Labute approximate surface area is 95.9 Å². The van der Waals surface area contributed by atoms with E-state index < -0.39 is 11.7 Å². The van der Waals surface area contributed by atoms with Crippen LogP contribution in [-0.2, 0) is 6.18 Å². The van der Waals surface area contributed by atoms with Crippen molar-refractivity contribution in [3.05, 3.63) is 28.8 Å². The fraction of sp³-hybridized carbons (Fsp3) is 0.364. The average Bonchev–Trinajstić information content (AvgIpc) is 2.58. The fourth-order valence-electron chi connectivity index (χ4n) is 1.29. The van der Waals surface area contributed by atoms with Gasteiger partial charge in [-0.15, -0.1) is 11.3 Å². The van der Waals surface area contributed by atoms with Crippen LogP contribution in [0.1, 0.15) is 24.4 Å². The second kappa shape index (κ2) is 4.82. The van der Waals surface area contributed by atoms with E-state index in [1.54, 1.807) is 13.0 Å². The molecule has 0 aliphatic rings. The summed E-state index contributed by atoms with van der Waals surface area (Å²) in [6.07, 6.45) is -4.32. The summed E-state index contributed by atoms with van der Waals surface area (Å²) < 4.78 is 38.1. The molecule has 0 radical (unpaired) electrons.